The summed E-state index contributed by atoms with van der Waals surface area (Å²) in [5, 5.41) is 9.63. The number of piperazine rings is 1. The second kappa shape index (κ2) is 13.7. The lowest BCUT2D eigenvalue weighted by Crippen LogP contribution is -2.56. The third kappa shape index (κ3) is 7.69. The van der Waals surface area contributed by atoms with Gasteiger partial charge in [-0.25, -0.2) is 9.59 Å². The average molecular weight is 606 g/mol. The first kappa shape index (κ1) is 31.3. The fourth-order valence-electron chi connectivity index (χ4n) is 5.93. The van der Waals surface area contributed by atoms with Gasteiger partial charge in [0.2, 0.25) is 0 Å². The quantitative estimate of drug-likeness (QED) is 0.458. The number of rotatable bonds is 7. The topological polar surface area (TPSA) is 124 Å². The minimum absolute atomic E-state index is 0.161. The molecule has 0 aliphatic carbocycles. The number of hydrogen-bond acceptors (Lipinski definition) is 10. The Balaban J connectivity index is 1.35. The van der Waals surface area contributed by atoms with Crippen LogP contribution in [0.1, 0.15) is 56.9 Å². The van der Waals surface area contributed by atoms with Crippen LogP contribution < -0.4 is 9.64 Å². The molecular formula is C32H43N7O5. The van der Waals surface area contributed by atoms with Gasteiger partial charge in [0.1, 0.15) is 24.6 Å². The molecule has 2 saturated heterocycles. The van der Waals surface area contributed by atoms with Gasteiger partial charge in [-0.2, -0.15) is 15.2 Å². The Morgan fingerprint density at radius 2 is 1.84 bits per heavy atom. The van der Waals surface area contributed by atoms with E-state index in [0.717, 1.165) is 42.0 Å². The van der Waals surface area contributed by atoms with E-state index in [4.69, 9.17) is 24.2 Å². The molecule has 2 atom stereocenters. The lowest BCUT2D eigenvalue weighted by molar-refractivity contribution is 0.0220. The molecule has 0 radical (unpaired) electrons. The number of amides is 2. The predicted octanol–water partition coefficient (Wildman–Crippen LogP) is 3.98. The van der Waals surface area contributed by atoms with Crippen LogP contribution in [0.2, 0.25) is 0 Å². The molecule has 2 aromatic rings. The number of aromatic nitrogens is 2. The number of fused-ring (bicyclic) bond motifs is 1. The fourth-order valence-corrected chi connectivity index (χ4v) is 5.93. The Bertz CT molecular complexity index is 1360. The molecule has 3 aliphatic heterocycles. The number of benzene rings is 1. The van der Waals surface area contributed by atoms with Crippen LogP contribution in [0.3, 0.4) is 0 Å². The Morgan fingerprint density at radius 1 is 1.05 bits per heavy atom. The van der Waals surface area contributed by atoms with E-state index in [2.05, 4.69) is 22.9 Å². The number of ether oxygens (including phenoxy) is 3. The molecule has 1 aromatic carbocycles. The van der Waals surface area contributed by atoms with Crippen LogP contribution in [-0.4, -0.2) is 101 Å². The Morgan fingerprint density at radius 3 is 2.55 bits per heavy atom. The van der Waals surface area contributed by atoms with Crippen LogP contribution in [0.5, 0.6) is 6.01 Å². The molecule has 4 heterocycles. The molecule has 5 rings (SSSR count). The Kier molecular flexibility index (Phi) is 9.74. The van der Waals surface area contributed by atoms with E-state index in [-0.39, 0.29) is 37.7 Å². The fraction of sp³-hybridized carbons (Fsp3) is 0.594. The van der Waals surface area contributed by atoms with Gasteiger partial charge in [-0.05, 0) is 59.2 Å². The molecule has 0 unspecified atom stereocenters. The monoisotopic (exact) mass is 605 g/mol. The van der Waals surface area contributed by atoms with Gasteiger partial charge in [0.15, 0.2) is 0 Å². The van der Waals surface area contributed by atoms with Gasteiger partial charge in [-0.15, -0.1) is 0 Å². The first-order valence-corrected chi connectivity index (χ1v) is 15.4. The van der Waals surface area contributed by atoms with Crippen molar-refractivity contribution in [1.82, 2.24) is 24.7 Å². The van der Waals surface area contributed by atoms with Gasteiger partial charge in [0.05, 0.1) is 30.8 Å². The summed E-state index contributed by atoms with van der Waals surface area (Å²) in [6.45, 7) is 9.29. The van der Waals surface area contributed by atoms with Gasteiger partial charge in [-0.1, -0.05) is 30.3 Å². The third-order valence-electron chi connectivity index (χ3n) is 8.30. The molecule has 0 N–H and O–H groups in total. The first-order chi connectivity index (χ1) is 21.1. The molecule has 2 amide bonds. The maximum atomic E-state index is 13.1. The molecule has 0 spiro atoms. The molecule has 236 valence electrons. The lowest BCUT2D eigenvalue weighted by Gasteiger charge is -2.41. The summed E-state index contributed by atoms with van der Waals surface area (Å²) >= 11 is 0. The van der Waals surface area contributed by atoms with Crippen molar-refractivity contribution in [2.75, 3.05) is 51.3 Å². The summed E-state index contributed by atoms with van der Waals surface area (Å²) in [7, 11) is 2.10. The zero-order valence-corrected chi connectivity index (χ0v) is 26.2. The number of nitrogens with zero attached hydrogens (tertiary/aromatic N) is 7. The molecular weight excluding hydrogens is 562 g/mol. The van der Waals surface area contributed by atoms with Crippen molar-refractivity contribution < 1.29 is 23.8 Å². The molecule has 3 aliphatic rings. The second-order valence-electron chi connectivity index (χ2n) is 12.7. The molecule has 0 bridgehead atoms. The summed E-state index contributed by atoms with van der Waals surface area (Å²) in [4.78, 5) is 43.4. The minimum Gasteiger partial charge on any atom is -0.462 e. The highest BCUT2D eigenvalue weighted by Crippen LogP contribution is 2.31. The SMILES string of the molecule is CN1CCC[C@H]1COc1nc2c(c(N3CCN(C(=O)OCc4ccccc4)[C@H](CC#N)C3)n1)CCN(C(=O)OC(C)(C)C)C2. The summed E-state index contributed by atoms with van der Waals surface area (Å²) in [6.07, 6.45) is 2.08. The van der Waals surface area contributed by atoms with Crippen LogP contribution in [-0.2, 0) is 29.0 Å². The van der Waals surface area contributed by atoms with E-state index in [9.17, 15) is 14.9 Å². The normalized spacial score (nSPS) is 20.6. The van der Waals surface area contributed by atoms with Crippen LogP contribution in [0.15, 0.2) is 30.3 Å². The maximum absolute atomic E-state index is 13.1. The van der Waals surface area contributed by atoms with E-state index in [1.807, 2.05) is 51.1 Å². The van der Waals surface area contributed by atoms with Gasteiger partial charge in [0.25, 0.3) is 0 Å². The number of likely N-dealkylation sites (tertiary alicyclic amines) is 1. The Hall–Kier alpha value is -4.11. The van der Waals surface area contributed by atoms with Crippen LogP contribution in [0, 0.1) is 11.3 Å². The molecule has 12 nitrogen and oxygen atoms in total. The first-order valence-electron chi connectivity index (χ1n) is 15.4. The second-order valence-corrected chi connectivity index (χ2v) is 12.7. The highest BCUT2D eigenvalue weighted by Gasteiger charge is 2.36. The minimum atomic E-state index is -0.604. The number of nitriles is 1. The van der Waals surface area contributed by atoms with E-state index in [1.165, 1.54) is 0 Å². The summed E-state index contributed by atoms with van der Waals surface area (Å²) in [6, 6.07) is 12.0. The molecule has 44 heavy (non-hydrogen) atoms. The maximum Gasteiger partial charge on any atom is 0.410 e. The zero-order valence-electron chi connectivity index (χ0n) is 26.2. The molecule has 0 saturated carbocycles. The van der Waals surface area contributed by atoms with Crippen LogP contribution in [0.25, 0.3) is 0 Å². The van der Waals surface area contributed by atoms with Crippen molar-refractivity contribution in [1.29, 1.82) is 5.26 Å². The van der Waals surface area contributed by atoms with E-state index in [0.29, 0.717) is 45.2 Å². The number of anilines is 1. The van der Waals surface area contributed by atoms with Crippen molar-refractivity contribution in [2.45, 2.75) is 77.3 Å². The largest absolute Gasteiger partial charge is 0.462 e. The van der Waals surface area contributed by atoms with Crippen molar-refractivity contribution >= 4 is 18.0 Å². The van der Waals surface area contributed by atoms with Gasteiger partial charge >= 0.3 is 18.2 Å². The molecule has 12 heteroatoms. The number of carbonyl (C=O) groups is 2. The van der Waals surface area contributed by atoms with Crippen molar-refractivity contribution in [3.05, 3.63) is 47.2 Å². The molecule has 1 aromatic heterocycles. The van der Waals surface area contributed by atoms with Gasteiger partial charge in [-0.3, -0.25) is 0 Å². The number of carbonyl (C=O) groups excluding carboxylic acids is 2. The van der Waals surface area contributed by atoms with E-state index >= 15 is 0 Å². The van der Waals surface area contributed by atoms with Crippen molar-refractivity contribution in [2.24, 2.45) is 0 Å². The smallest absolute Gasteiger partial charge is 0.410 e. The third-order valence-corrected chi connectivity index (χ3v) is 8.30. The highest BCUT2D eigenvalue weighted by atomic mass is 16.6. The highest BCUT2D eigenvalue weighted by molar-refractivity contribution is 5.70. The summed E-state index contributed by atoms with van der Waals surface area (Å²) in [5.74, 6) is 0.730. The Labute approximate surface area is 259 Å². The number of hydrogen-bond donors (Lipinski definition) is 0. The van der Waals surface area contributed by atoms with E-state index < -0.39 is 11.7 Å². The zero-order chi connectivity index (χ0) is 31.3. The summed E-state index contributed by atoms with van der Waals surface area (Å²) < 4.78 is 17.4. The van der Waals surface area contributed by atoms with Crippen LogP contribution >= 0.6 is 0 Å². The van der Waals surface area contributed by atoms with E-state index in [1.54, 1.807) is 9.80 Å². The van der Waals surface area contributed by atoms with Gasteiger partial charge in [0, 0.05) is 37.8 Å². The summed E-state index contributed by atoms with van der Waals surface area (Å²) in [5.41, 5.74) is 1.98. The van der Waals surface area contributed by atoms with Gasteiger partial charge < -0.3 is 33.8 Å². The standard InChI is InChI=1S/C32H43N7O5/c1-32(2,3)44-30(40)38-16-13-26-27(20-38)34-29(42-22-25-11-8-15-36(25)4)35-28(26)37-17-18-39(24(19-37)12-14-33)31(41)43-21-23-9-6-5-7-10-23/h5-7,9-10,24-25H,8,11-13,15-22H2,1-4H3/t24-,25+/m1/s1. The molecule has 2 fully saturated rings. The van der Waals surface area contributed by atoms with Crippen molar-refractivity contribution in [3.8, 4) is 12.1 Å². The number of likely N-dealkylation sites (N-methyl/N-ethyl adjacent to an activating group) is 1. The van der Waals surface area contributed by atoms with Crippen molar-refractivity contribution in [3.63, 3.8) is 0 Å². The average Bonchev–Trinajstić information content (AvgIpc) is 3.42. The lowest BCUT2D eigenvalue weighted by atomic mass is 10.0. The predicted molar refractivity (Wildman–Crippen MR) is 163 cm³/mol. The van der Waals surface area contributed by atoms with Crippen LogP contribution in [0.4, 0.5) is 15.4 Å².